The van der Waals surface area contributed by atoms with Crippen LogP contribution in [0.1, 0.15) is 0 Å². The molecule has 0 saturated carbocycles. The van der Waals surface area contributed by atoms with Gasteiger partial charge in [-0.25, -0.2) is 4.98 Å². The summed E-state index contributed by atoms with van der Waals surface area (Å²) in [5.41, 5.74) is 5.02. The smallest absolute Gasteiger partial charge is 0.231 e. The topological polar surface area (TPSA) is 108 Å². The van der Waals surface area contributed by atoms with Gasteiger partial charge in [-0.05, 0) is 35.7 Å². The lowest BCUT2D eigenvalue weighted by Crippen LogP contribution is -2.36. The fourth-order valence-corrected chi connectivity index (χ4v) is 5.25. The van der Waals surface area contributed by atoms with E-state index in [4.69, 9.17) is 28.9 Å². The molecule has 1 aliphatic rings. The number of methoxy groups -OCH3 is 3. The lowest BCUT2D eigenvalue weighted by atomic mass is 10.2. The molecule has 1 saturated heterocycles. The molecule has 1 fully saturated rings. The number of nitrogens with zero attached hydrogens (tertiary/aromatic N) is 5. The molecule has 5 aromatic rings. The summed E-state index contributed by atoms with van der Waals surface area (Å²) >= 11 is 1.61. The number of thiophene rings is 1. The molecule has 0 unspecified atom stereocenters. The number of fused-ring (bicyclic) bond motifs is 1. The number of morpholine rings is 1. The van der Waals surface area contributed by atoms with E-state index in [0.29, 0.717) is 45.9 Å². The summed E-state index contributed by atoms with van der Waals surface area (Å²) in [6, 6.07) is 13.9. The number of rotatable bonds is 9. The monoisotopic (exact) mass is 559 g/mol. The molecule has 2 aromatic carbocycles. The molecule has 4 heterocycles. The van der Waals surface area contributed by atoms with Crippen LogP contribution in [0.25, 0.3) is 16.9 Å². The standard InChI is InChI=1S/C28H29N7O4S/c1-36-22-14-19(15-23(37-2)25(22)38-3)31-28-32-26(24-27(33-28)35(17-29-24)21-8-13-40-16-21)30-18-4-6-20(7-5-18)34-9-11-39-12-10-34/h4-8,13-17H,9-12H2,1-3H3,(H2,30,31,32,33). The quantitative estimate of drug-likeness (QED) is 0.249. The second-order valence-electron chi connectivity index (χ2n) is 8.97. The maximum absolute atomic E-state index is 5.52. The van der Waals surface area contributed by atoms with Gasteiger partial charge in [-0.3, -0.25) is 4.57 Å². The van der Waals surface area contributed by atoms with Crippen molar-refractivity contribution in [3.63, 3.8) is 0 Å². The molecule has 206 valence electrons. The zero-order valence-electron chi connectivity index (χ0n) is 22.4. The third kappa shape index (κ3) is 5.06. The Morgan fingerprint density at radius 1 is 0.850 bits per heavy atom. The van der Waals surface area contributed by atoms with Crippen molar-refractivity contribution in [1.82, 2.24) is 19.5 Å². The maximum atomic E-state index is 5.52. The van der Waals surface area contributed by atoms with Gasteiger partial charge in [0.2, 0.25) is 11.7 Å². The number of hydrogen-bond acceptors (Lipinski definition) is 11. The zero-order chi connectivity index (χ0) is 27.5. The van der Waals surface area contributed by atoms with Crippen molar-refractivity contribution in [3.05, 3.63) is 59.6 Å². The van der Waals surface area contributed by atoms with Gasteiger partial charge in [0, 0.05) is 47.7 Å². The van der Waals surface area contributed by atoms with E-state index in [1.807, 2.05) is 45.7 Å². The number of nitrogens with one attached hydrogen (secondary N) is 2. The van der Waals surface area contributed by atoms with Crippen LogP contribution in [0.4, 0.5) is 28.8 Å². The van der Waals surface area contributed by atoms with E-state index in [2.05, 4.69) is 32.7 Å². The van der Waals surface area contributed by atoms with Gasteiger partial charge in [0.15, 0.2) is 28.5 Å². The van der Waals surface area contributed by atoms with E-state index in [-0.39, 0.29) is 0 Å². The van der Waals surface area contributed by atoms with Crippen molar-refractivity contribution < 1.29 is 18.9 Å². The van der Waals surface area contributed by atoms with Gasteiger partial charge in [0.1, 0.15) is 6.33 Å². The van der Waals surface area contributed by atoms with Crippen molar-refractivity contribution in [2.75, 3.05) is 63.2 Å². The lowest BCUT2D eigenvalue weighted by Gasteiger charge is -2.28. The van der Waals surface area contributed by atoms with Gasteiger partial charge >= 0.3 is 0 Å². The molecule has 2 N–H and O–H groups in total. The molecule has 1 aliphatic heterocycles. The highest BCUT2D eigenvalue weighted by atomic mass is 32.1. The van der Waals surface area contributed by atoms with Crippen LogP contribution in [0.15, 0.2) is 59.6 Å². The van der Waals surface area contributed by atoms with Gasteiger partial charge in [-0.15, -0.1) is 0 Å². The van der Waals surface area contributed by atoms with Crippen LogP contribution in [0, 0.1) is 0 Å². The number of hydrogen-bond donors (Lipinski definition) is 2. The molecule has 3 aromatic heterocycles. The van der Waals surface area contributed by atoms with Crippen LogP contribution in [0.2, 0.25) is 0 Å². The van der Waals surface area contributed by atoms with Crippen LogP contribution in [-0.2, 0) is 4.74 Å². The number of benzene rings is 2. The highest BCUT2D eigenvalue weighted by Gasteiger charge is 2.18. The van der Waals surface area contributed by atoms with Gasteiger partial charge < -0.3 is 34.5 Å². The van der Waals surface area contributed by atoms with Crippen molar-refractivity contribution in [2.45, 2.75) is 0 Å². The van der Waals surface area contributed by atoms with Gasteiger partial charge in [-0.1, -0.05) is 0 Å². The number of ether oxygens (including phenoxy) is 4. The summed E-state index contributed by atoms with van der Waals surface area (Å²) in [5, 5.41) is 10.8. The Balaban J connectivity index is 1.37. The summed E-state index contributed by atoms with van der Waals surface area (Å²) in [6.07, 6.45) is 1.76. The first-order chi connectivity index (χ1) is 19.7. The zero-order valence-corrected chi connectivity index (χ0v) is 23.2. The number of imidazole rings is 1. The second-order valence-corrected chi connectivity index (χ2v) is 9.75. The normalized spacial score (nSPS) is 13.3. The predicted molar refractivity (Wildman–Crippen MR) is 157 cm³/mol. The van der Waals surface area contributed by atoms with Crippen molar-refractivity contribution >= 4 is 51.3 Å². The van der Waals surface area contributed by atoms with Gasteiger partial charge in [-0.2, -0.15) is 21.3 Å². The van der Waals surface area contributed by atoms with E-state index in [1.54, 1.807) is 39.0 Å². The summed E-state index contributed by atoms with van der Waals surface area (Å²) in [7, 11) is 4.73. The Bertz CT molecular complexity index is 1570. The van der Waals surface area contributed by atoms with Crippen molar-refractivity contribution in [2.24, 2.45) is 0 Å². The molecule has 0 atom stereocenters. The molecule has 12 heteroatoms. The summed E-state index contributed by atoms with van der Waals surface area (Å²) in [4.78, 5) is 16.6. The molecular weight excluding hydrogens is 530 g/mol. The van der Waals surface area contributed by atoms with E-state index in [1.165, 1.54) is 0 Å². The highest BCUT2D eigenvalue weighted by molar-refractivity contribution is 7.08. The van der Waals surface area contributed by atoms with Crippen LogP contribution < -0.4 is 29.7 Å². The Morgan fingerprint density at radius 2 is 1.60 bits per heavy atom. The van der Waals surface area contributed by atoms with Gasteiger partial charge in [0.05, 0.1) is 40.2 Å². The molecular formula is C28H29N7O4S. The molecule has 0 spiro atoms. The maximum Gasteiger partial charge on any atom is 0.231 e. The first-order valence-corrected chi connectivity index (χ1v) is 13.7. The van der Waals surface area contributed by atoms with E-state index < -0.39 is 0 Å². The first-order valence-electron chi connectivity index (χ1n) is 12.7. The highest BCUT2D eigenvalue weighted by Crippen LogP contribution is 2.40. The molecule has 0 radical (unpaired) electrons. The van der Waals surface area contributed by atoms with Crippen LogP contribution in [0.5, 0.6) is 17.2 Å². The van der Waals surface area contributed by atoms with E-state index in [0.717, 1.165) is 43.4 Å². The van der Waals surface area contributed by atoms with Crippen LogP contribution in [0.3, 0.4) is 0 Å². The molecule has 0 amide bonds. The molecule has 40 heavy (non-hydrogen) atoms. The summed E-state index contributed by atoms with van der Waals surface area (Å²) < 4.78 is 23.9. The molecule has 6 rings (SSSR count). The third-order valence-electron chi connectivity index (χ3n) is 6.61. The van der Waals surface area contributed by atoms with E-state index in [9.17, 15) is 0 Å². The summed E-state index contributed by atoms with van der Waals surface area (Å²) in [5.74, 6) is 2.50. The average Bonchev–Trinajstić information content (AvgIpc) is 3.68. The largest absolute Gasteiger partial charge is 0.493 e. The second kappa shape index (κ2) is 11.3. The third-order valence-corrected chi connectivity index (χ3v) is 7.28. The predicted octanol–water partition coefficient (Wildman–Crippen LogP) is 5.23. The number of aromatic nitrogens is 4. The van der Waals surface area contributed by atoms with E-state index >= 15 is 0 Å². The van der Waals surface area contributed by atoms with Crippen LogP contribution in [-0.4, -0.2) is 67.2 Å². The Labute approximate surface area is 235 Å². The van der Waals surface area contributed by atoms with Crippen LogP contribution >= 0.6 is 11.3 Å². The number of anilines is 5. The Kier molecular flexibility index (Phi) is 7.25. The van der Waals surface area contributed by atoms with Crippen molar-refractivity contribution in [1.29, 1.82) is 0 Å². The summed E-state index contributed by atoms with van der Waals surface area (Å²) in [6.45, 7) is 3.26. The fourth-order valence-electron chi connectivity index (χ4n) is 4.62. The fraction of sp³-hybridized carbons (Fsp3) is 0.250. The minimum Gasteiger partial charge on any atom is -0.493 e. The Morgan fingerprint density at radius 3 is 2.25 bits per heavy atom. The SMILES string of the molecule is COc1cc(Nc2nc(Nc3ccc(N4CCOCC4)cc3)c3ncn(-c4ccsc4)c3n2)cc(OC)c1OC. The first kappa shape index (κ1) is 25.7. The average molecular weight is 560 g/mol. The molecule has 0 aliphatic carbocycles. The minimum atomic E-state index is 0.381. The molecule has 11 nitrogen and oxygen atoms in total. The molecule has 0 bridgehead atoms. The Hall–Kier alpha value is -4.55. The van der Waals surface area contributed by atoms with Gasteiger partial charge in [0.25, 0.3) is 0 Å². The lowest BCUT2D eigenvalue weighted by molar-refractivity contribution is 0.122. The minimum absolute atomic E-state index is 0.381. The van der Waals surface area contributed by atoms with Crippen molar-refractivity contribution in [3.8, 4) is 22.9 Å².